The van der Waals surface area contributed by atoms with Crippen LogP contribution in [-0.4, -0.2) is 24.5 Å². The summed E-state index contributed by atoms with van der Waals surface area (Å²) >= 11 is 0. The van der Waals surface area contributed by atoms with E-state index in [4.69, 9.17) is 5.84 Å². The standard InChI is InChI=1S/C5H8N6/c1-3-7-8-5-10(6)4(2)9-11(3)5/h6H2,1-2H3. The van der Waals surface area contributed by atoms with Crippen LogP contribution in [0, 0.1) is 13.8 Å². The fraction of sp³-hybridized carbons (Fsp3) is 0.400. The van der Waals surface area contributed by atoms with Gasteiger partial charge in [-0.3, -0.25) is 0 Å². The maximum absolute atomic E-state index is 5.58. The van der Waals surface area contributed by atoms with Crippen molar-refractivity contribution in [2.75, 3.05) is 5.84 Å². The molecule has 58 valence electrons. The van der Waals surface area contributed by atoms with E-state index in [1.165, 1.54) is 4.68 Å². The Hall–Kier alpha value is -1.59. The van der Waals surface area contributed by atoms with Crippen LogP contribution in [0.4, 0.5) is 0 Å². The second-order valence-corrected chi connectivity index (χ2v) is 2.38. The van der Waals surface area contributed by atoms with Crippen LogP contribution in [0.3, 0.4) is 0 Å². The predicted octanol–water partition coefficient (Wildman–Crippen LogP) is -0.744. The van der Waals surface area contributed by atoms with Gasteiger partial charge >= 0.3 is 0 Å². The summed E-state index contributed by atoms with van der Waals surface area (Å²) in [5.41, 5.74) is 0. The third-order valence-electron chi connectivity index (χ3n) is 1.59. The maximum atomic E-state index is 5.58. The van der Waals surface area contributed by atoms with E-state index in [2.05, 4.69) is 15.3 Å². The molecule has 0 aliphatic rings. The summed E-state index contributed by atoms with van der Waals surface area (Å²) in [6.45, 7) is 3.64. The average molecular weight is 152 g/mol. The van der Waals surface area contributed by atoms with Crippen molar-refractivity contribution >= 4 is 5.78 Å². The summed E-state index contributed by atoms with van der Waals surface area (Å²) in [6.07, 6.45) is 0. The van der Waals surface area contributed by atoms with E-state index in [-0.39, 0.29) is 0 Å². The molecule has 0 fully saturated rings. The molecular weight excluding hydrogens is 144 g/mol. The second-order valence-electron chi connectivity index (χ2n) is 2.38. The van der Waals surface area contributed by atoms with Crippen molar-refractivity contribution in [2.45, 2.75) is 13.8 Å². The molecule has 0 bridgehead atoms. The van der Waals surface area contributed by atoms with Crippen LogP contribution in [0.25, 0.3) is 5.78 Å². The second kappa shape index (κ2) is 1.71. The van der Waals surface area contributed by atoms with E-state index >= 15 is 0 Å². The molecule has 2 aromatic rings. The van der Waals surface area contributed by atoms with Crippen LogP contribution in [-0.2, 0) is 0 Å². The van der Waals surface area contributed by atoms with E-state index < -0.39 is 0 Å². The summed E-state index contributed by atoms with van der Waals surface area (Å²) < 4.78 is 3.01. The van der Waals surface area contributed by atoms with Crippen LogP contribution >= 0.6 is 0 Å². The minimum atomic E-state index is 0.569. The lowest BCUT2D eigenvalue weighted by Crippen LogP contribution is -2.10. The number of aryl methyl sites for hydroxylation is 2. The summed E-state index contributed by atoms with van der Waals surface area (Å²) in [6, 6.07) is 0. The number of aromatic nitrogens is 5. The molecule has 0 radical (unpaired) electrons. The third-order valence-corrected chi connectivity index (χ3v) is 1.59. The van der Waals surface area contributed by atoms with Gasteiger partial charge in [-0.15, -0.1) is 15.3 Å². The maximum Gasteiger partial charge on any atom is 0.272 e. The molecule has 2 aromatic heterocycles. The lowest BCUT2D eigenvalue weighted by atomic mass is 10.7. The molecule has 0 atom stereocenters. The van der Waals surface area contributed by atoms with E-state index in [9.17, 15) is 0 Å². The largest absolute Gasteiger partial charge is 0.335 e. The van der Waals surface area contributed by atoms with Gasteiger partial charge < -0.3 is 5.84 Å². The van der Waals surface area contributed by atoms with E-state index in [0.29, 0.717) is 5.78 Å². The van der Waals surface area contributed by atoms with Crippen LogP contribution in [0.1, 0.15) is 11.6 Å². The lowest BCUT2D eigenvalue weighted by molar-refractivity contribution is 0.853. The smallest absolute Gasteiger partial charge is 0.272 e. The number of nitrogens with zero attached hydrogens (tertiary/aromatic N) is 5. The van der Waals surface area contributed by atoms with E-state index in [0.717, 1.165) is 11.6 Å². The first kappa shape index (κ1) is 6.14. The van der Waals surface area contributed by atoms with Crippen molar-refractivity contribution in [3.05, 3.63) is 11.6 Å². The third kappa shape index (κ3) is 0.631. The number of hydrogen-bond donors (Lipinski definition) is 1. The highest BCUT2D eigenvalue weighted by atomic mass is 15.5. The van der Waals surface area contributed by atoms with Gasteiger partial charge in [0, 0.05) is 0 Å². The molecule has 2 heterocycles. The normalized spacial score (nSPS) is 11.1. The Morgan fingerprint density at radius 3 is 2.55 bits per heavy atom. The van der Waals surface area contributed by atoms with Gasteiger partial charge in [-0.2, -0.15) is 4.52 Å². The van der Waals surface area contributed by atoms with Gasteiger partial charge in [-0.1, -0.05) is 0 Å². The number of nitrogen functional groups attached to an aromatic ring is 1. The number of nitrogens with two attached hydrogens (primary N) is 1. The minimum absolute atomic E-state index is 0.569. The number of hydrogen-bond acceptors (Lipinski definition) is 4. The molecule has 2 rings (SSSR count). The highest BCUT2D eigenvalue weighted by molar-refractivity contribution is 5.28. The zero-order valence-corrected chi connectivity index (χ0v) is 6.31. The van der Waals surface area contributed by atoms with E-state index in [1.807, 2.05) is 13.8 Å². The first-order valence-electron chi connectivity index (χ1n) is 3.22. The van der Waals surface area contributed by atoms with Crippen LogP contribution in [0.15, 0.2) is 0 Å². The molecule has 0 aliphatic carbocycles. The van der Waals surface area contributed by atoms with Crippen LogP contribution in [0.2, 0.25) is 0 Å². The molecule has 0 saturated carbocycles. The Balaban J connectivity index is 2.93. The Bertz CT molecular complexity index is 396. The van der Waals surface area contributed by atoms with Gasteiger partial charge in [0.25, 0.3) is 5.78 Å². The lowest BCUT2D eigenvalue weighted by Gasteiger charge is -1.88. The molecule has 0 aromatic carbocycles. The zero-order valence-electron chi connectivity index (χ0n) is 6.31. The van der Waals surface area contributed by atoms with Crippen LogP contribution < -0.4 is 5.84 Å². The summed E-state index contributed by atoms with van der Waals surface area (Å²) in [5.74, 6) is 7.62. The molecule has 0 amide bonds. The molecule has 6 nitrogen and oxygen atoms in total. The number of rotatable bonds is 0. The monoisotopic (exact) mass is 152 g/mol. The topological polar surface area (TPSA) is 74.0 Å². The van der Waals surface area contributed by atoms with Gasteiger partial charge in [0.15, 0.2) is 5.82 Å². The fourth-order valence-corrected chi connectivity index (χ4v) is 0.951. The summed E-state index contributed by atoms with van der Waals surface area (Å²) in [7, 11) is 0. The quantitative estimate of drug-likeness (QED) is 0.504. The van der Waals surface area contributed by atoms with Gasteiger partial charge in [0.2, 0.25) is 0 Å². The first-order chi connectivity index (χ1) is 5.20. The molecule has 0 saturated heterocycles. The van der Waals surface area contributed by atoms with E-state index in [1.54, 1.807) is 4.52 Å². The van der Waals surface area contributed by atoms with Crippen molar-refractivity contribution < 1.29 is 0 Å². The highest BCUT2D eigenvalue weighted by Gasteiger charge is 2.08. The molecule has 0 unspecified atom stereocenters. The number of fused-ring (bicyclic) bond motifs is 1. The minimum Gasteiger partial charge on any atom is -0.335 e. The Labute approximate surface area is 62.6 Å². The predicted molar refractivity (Wildman–Crippen MR) is 38.4 cm³/mol. The Morgan fingerprint density at radius 1 is 1.18 bits per heavy atom. The molecule has 0 aliphatic heterocycles. The van der Waals surface area contributed by atoms with Crippen LogP contribution in [0.5, 0.6) is 0 Å². The van der Waals surface area contributed by atoms with Crippen molar-refractivity contribution in [3.8, 4) is 0 Å². The summed E-state index contributed by atoms with van der Waals surface area (Å²) in [4.78, 5) is 0. The van der Waals surface area contributed by atoms with Crippen molar-refractivity contribution in [2.24, 2.45) is 0 Å². The average Bonchev–Trinajstić information content (AvgIpc) is 2.43. The fourth-order valence-electron chi connectivity index (χ4n) is 0.951. The Kier molecular flexibility index (Phi) is 0.957. The first-order valence-corrected chi connectivity index (χ1v) is 3.22. The summed E-state index contributed by atoms with van der Waals surface area (Å²) in [5, 5.41) is 11.7. The van der Waals surface area contributed by atoms with Gasteiger partial charge in [0.1, 0.15) is 5.82 Å². The highest BCUT2D eigenvalue weighted by Crippen LogP contribution is 2.00. The molecule has 0 spiro atoms. The van der Waals surface area contributed by atoms with Gasteiger partial charge in [-0.05, 0) is 13.8 Å². The van der Waals surface area contributed by atoms with Crippen molar-refractivity contribution in [1.29, 1.82) is 0 Å². The molecular formula is C5H8N6. The molecule has 2 N–H and O–H groups in total. The Morgan fingerprint density at radius 2 is 1.91 bits per heavy atom. The molecule has 6 heteroatoms. The van der Waals surface area contributed by atoms with Gasteiger partial charge in [0.05, 0.1) is 0 Å². The SMILES string of the molecule is Cc1nn2c(C)nnc2n1N. The van der Waals surface area contributed by atoms with Gasteiger partial charge in [-0.25, -0.2) is 4.68 Å². The van der Waals surface area contributed by atoms with Crippen molar-refractivity contribution in [1.82, 2.24) is 24.5 Å². The molecule has 11 heavy (non-hydrogen) atoms. The van der Waals surface area contributed by atoms with Crippen molar-refractivity contribution in [3.63, 3.8) is 0 Å². The zero-order chi connectivity index (χ0) is 8.01.